The van der Waals surface area contributed by atoms with Crippen LogP contribution >= 0.6 is 0 Å². The topological polar surface area (TPSA) is 183 Å². The summed E-state index contributed by atoms with van der Waals surface area (Å²) in [5.41, 5.74) is 0. The standard InChI is InChI=1S/C18H32O4.C15H28O4.C14H26N2O2.C9H20O.C9H18O/c1-3-5-6-7-8-9-13-22-18(21)15-16(11-12-19)14-17(20)10-4-2;1-3-5-6-7-8-9-10-19-15(18)12-13(4-2)11-14(16)17;1-3-12-6-4-10-16(12)14(17)18-13-7-5-9-15(2)11-8-13;1-3-4-5-6-7-8-9-10-2;1-2-3-4-5-6-7-8-9-10/h12,16H,3-11,13-15H2,1-2H3;13H,3-12H2,1-2H3,(H,16,17);12-13H,3-11H2,1-2H3;3-9H2,1-2H3;9H,2-8H2,1H3. The van der Waals surface area contributed by atoms with Crippen LogP contribution in [0.4, 0.5) is 4.79 Å². The Bertz CT molecular complexity index is 1410. The molecule has 1 amide bonds. The van der Waals surface area contributed by atoms with Crippen LogP contribution < -0.4 is 0 Å². The summed E-state index contributed by atoms with van der Waals surface area (Å²) in [5, 5.41) is 8.69. The van der Waals surface area contributed by atoms with Gasteiger partial charge in [0.25, 0.3) is 0 Å². The lowest BCUT2D eigenvalue weighted by Gasteiger charge is -2.25. The summed E-state index contributed by atoms with van der Waals surface area (Å²) in [6, 6.07) is 0.408. The molecule has 0 spiro atoms. The highest BCUT2D eigenvalue weighted by atomic mass is 16.6. The van der Waals surface area contributed by atoms with Crippen molar-refractivity contribution in [3.05, 3.63) is 0 Å². The van der Waals surface area contributed by atoms with Crippen LogP contribution in [0, 0.1) is 11.8 Å². The number of hydrogen-bond donors (Lipinski definition) is 1. The van der Waals surface area contributed by atoms with Gasteiger partial charge in [-0.1, -0.05) is 183 Å². The highest BCUT2D eigenvalue weighted by Crippen LogP contribution is 2.23. The minimum atomic E-state index is -0.851. The lowest BCUT2D eigenvalue weighted by Crippen LogP contribution is -2.37. The van der Waals surface area contributed by atoms with Gasteiger partial charge in [0.2, 0.25) is 0 Å². The van der Waals surface area contributed by atoms with Crippen molar-refractivity contribution in [2.45, 2.75) is 311 Å². The molecule has 2 fully saturated rings. The molecule has 0 saturated carbocycles. The number of nitrogens with zero attached hydrogens (tertiary/aromatic N) is 2. The summed E-state index contributed by atoms with van der Waals surface area (Å²) < 4.78 is 21.0. The number of esters is 2. The van der Waals surface area contributed by atoms with Crippen molar-refractivity contribution in [3.63, 3.8) is 0 Å². The highest BCUT2D eigenvalue weighted by Gasteiger charge is 2.30. The number of rotatable bonds is 43. The number of carbonyl (C=O) groups is 7. The van der Waals surface area contributed by atoms with Gasteiger partial charge in [-0.2, -0.15) is 0 Å². The van der Waals surface area contributed by atoms with E-state index in [4.69, 9.17) is 24.1 Å². The zero-order valence-corrected chi connectivity index (χ0v) is 52.6. The third-order valence-corrected chi connectivity index (χ3v) is 14.6. The lowest BCUT2D eigenvalue weighted by molar-refractivity contribution is -0.147. The number of aliphatic carboxylic acids is 1. The first kappa shape index (κ1) is 79.8. The SMILES string of the molecule is CCC1CCCN1C(=O)OC1CCCN(C)CC1.CCCCCCCCC=O.CCCCCCCCOC.CCCCCCCCOC(=O)CC(CC)CC(=O)O.CCCCCCCCOC(=O)CC(CC=O)CC(=O)CCC. The molecule has 466 valence electrons. The summed E-state index contributed by atoms with van der Waals surface area (Å²) in [7, 11) is 3.91. The van der Waals surface area contributed by atoms with Crippen LogP contribution in [0.25, 0.3) is 0 Å². The average Bonchev–Trinajstić information content (AvgIpc) is 3.82. The molecule has 0 aromatic heterocycles. The second kappa shape index (κ2) is 62.2. The Morgan fingerprint density at radius 2 is 1.01 bits per heavy atom. The summed E-state index contributed by atoms with van der Waals surface area (Å²) in [6.45, 7) is 19.7. The van der Waals surface area contributed by atoms with Gasteiger partial charge >= 0.3 is 24.0 Å². The number of amides is 1. The molecule has 79 heavy (non-hydrogen) atoms. The molecule has 4 atom stereocenters. The van der Waals surface area contributed by atoms with E-state index in [1.165, 1.54) is 122 Å². The summed E-state index contributed by atoms with van der Waals surface area (Å²) >= 11 is 0. The molecule has 0 aliphatic carbocycles. The fourth-order valence-corrected chi connectivity index (χ4v) is 9.48. The molecule has 0 aromatic rings. The fraction of sp³-hybridized carbons (Fsp3) is 0.892. The predicted molar refractivity (Wildman–Crippen MR) is 324 cm³/mol. The molecule has 1 N–H and O–H groups in total. The Morgan fingerprint density at radius 3 is 1.47 bits per heavy atom. The van der Waals surface area contributed by atoms with E-state index in [2.05, 4.69) is 46.6 Å². The molecule has 0 bridgehead atoms. The Labute approximate surface area is 484 Å². The number of unbranched alkanes of at least 4 members (excludes halogenated alkanes) is 21. The summed E-state index contributed by atoms with van der Waals surface area (Å²) in [4.78, 5) is 82.5. The third-order valence-electron chi connectivity index (χ3n) is 14.6. The molecular formula is C65H124N2O12. The maximum atomic E-state index is 12.2. The van der Waals surface area contributed by atoms with E-state index in [0.717, 1.165) is 122 Å². The molecule has 2 aliphatic heterocycles. The van der Waals surface area contributed by atoms with E-state index in [1.54, 1.807) is 7.11 Å². The van der Waals surface area contributed by atoms with Gasteiger partial charge in [0.1, 0.15) is 24.5 Å². The Hall–Kier alpha value is -3.39. The van der Waals surface area contributed by atoms with Crippen molar-refractivity contribution >= 4 is 42.4 Å². The van der Waals surface area contributed by atoms with Crippen LogP contribution in [0.15, 0.2) is 0 Å². The Morgan fingerprint density at radius 1 is 0.532 bits per heavy atom. The van der Waals surface area contributed by atoms with Gasteiger partial charge < -0.3 is 43.4 Å². The second-order valence-corrected chi connectivity index (χ2v) is 22.1. The van der Waals surface area contributed by atoms with Crippen LogP contribution in [0.5, 0.6) is 0 Å². The van der Waals surface area contributed by atoms with Gasteiger partial charge in [-0.25, -0.2) is 4.79 Å². The second-order valence-electron chi connectivity index (χ2n) is 22.1. The van der Waals surface area contributed by atoms with E-state index < -0.39 is 5.97 Å². The van der Waals surface area contributed by atoms with Crippen molar-refractivity contribution in [2.75, 3.05) is 53.6 Å². The van der Waals surface area contributed by atoms with Gasteiger partial charge in [-0.3, -0.25) is 19.2 Å². The van der Waals surface area contributed by atoms with Gasteiger partial charge in [0.15, 0.2) is 0 Å². The first-order chi connectivity index (χ1) is 38.3. The van der Waals surface area contributed by atoms with Crippen LogP contribution in [-0.4, -0.2) is 123 Å². The van der Waals surface area contributed by atoms with Crippen LogP contribution in [0.1, 0.15) is 299 Å². The number of hydrogen-bond acceptors (Lipinski definition) is 12. The highest BCUT2D eigenvalue weighted by molar-refractivity contribution is 5.80. The van der Waals surface area contributed by atoms with E-state index in [1.807, 2.05) is 18.7 Å². The summed E-state index contributed by atoms with van der Waals surface area (Å²) in [5.74, 6) is -1.58. The van der Waals surface area contributed by atoms with Gasteiger partial charge in [-0.05, 0) is 96.1 Å². The molecule has 2 rings (SSSR count). The smallest absolute Gasteiger partial charge is 0.410 e. The molecule has 4 unspecified atom stereocenters. The number of aldehydes is 2. The molecule has 2 heterocycles. The fourth-order valence-electron chi connectivity index (χ4n) is 9.48. The number of carboxylic acids is 1. The van der Waals surface area contributed by atoms with E-state index in [-0.39, 0.29) is 67.4 Å². The van der Waals surface area contributed by atoms with Crippen molar-refractivity contribution in [1.82, 2.24) is 9.80 Å². The van der Waals surface area contributed by atoms with Gasteiger partial charge in [-0.15, -0.1) is 0 Å². The van der Waals surface area contributed by atoms with Crippen LogP contribution in [0.3, 0.4) is 0 Å². The Balaban J connectivity index is -0.000000943. The number of methoxy groups -OCH3 is 1. The number of carbonyl (C=O) groups excluding carboxylic acids is 6. The minimum Gasteiger partial charge on any atom is -0.481 e. The monoisotopic (exact) mass is 1120 g/mol. The number of carboxylic acid groups (broad SMARTS) is 1. The summed E-state index contributed by atoms with van der Waals surface area (Å²) in [6.07, 6.45) is 41.6. The van der Waals surface area contributed by atoms with Crippen LogP contribution in [0.2, 0.25) is 0 Å². The zero-order chi connectivity index (χ0) is 59.4. The maximum absolute atomic E-state index is 12.2. The minimum absolute atomic E-state index is 0.0443. The van der Waals surface area contributed by atoms with Crippen molar-refractivity contribution in [1.29, 1.82) is 0 Å². The Kier molecular flexibility index (Phi) is 62.9. The average molecular weight is 1130 g/mol. The van der Waals surface area contributed by atoms with Crippen molar-refractivity contribution in [2.24, 2.45) is 11.8 Å². The first-order valence-corrected chi connectivity index (χ1v) is 32.3. The number of ether oxygens (including phenoxy) is 4. The quantitative estimate of drug-likeness (QED) is 0.0264. The first-order valence-electron chi connectivity index (χ1n) is 32.3. The van der Waals surface area contributed by atoms with Gasteiger partial charge in [0.05, 0.1) is 13.2 Å². The van der Waals surface area contributed by atoms with Gasteiger partial charge in [0, 0.05) is 77.8 Å². The molecule has 2 aliphatic rings. The van der Waals surface area contributed by atoms with Crippen molar-refractivity contribution < 1.29 is 57.6 Å². The third kappa shape index (κ3) is 56.3. The predicted octanol–water partition coefficient (Wildman–Crippen LogP) is 16.4. The zero-order valence-electron chi connectivity index (χ0n) is 52.6. The number of likely N-dealkylation sites (tertiary alicyclic amines) is 2. The molecular weight excluding hydrogens is 1000 g/mol. The molecule has 0 radical (unpaired) electrons. The van der Waals surface area contributed by atoms with E-state index in [9.17, 15) is 33.6 Å². The molecule has 14 nitrogen and oxygen atoms in total. The molecule has 0 aromatic carbocycles. The van der Waals surface area contributed by atoms with Crippen molar-refractivity contribution in [3.8, 4) is 0 Å². The normalized spacial score (nSPS) is 15.6. The lowest BCUT2D eigenvalue weighted by atomic mass is 9.94. The largest absolute Gasteiger partial charge is 0.481 e. The molecule has 2 saturated heterocycles. The maximum Gasteiger partial charge on any atom is 0.410 e. The van der Waals surface area contributed by atoms with Crippen LogP contribution in [-0.2, 0) is 47.7 Å². The molecule has 14 heteroatoms. The number of Topliss-reactive ketones (excluding diaryl/α,β-unsaturated/α-hetero) is 1. The van der Waals surface area contributed by atoms with E-state index >= 15 is 0 Å². The number of ketones is 1. The van der Waals surface area contributed by atoms with E-state index in [0.29, 0.717) is 38.5 Å².